The Kier molecular flexibility index (Phi) is 4.91. The van der Waals surface area contributed by atoms with Gasteiger partial charge in [-0.25, -0.2) is 4.39 Å². The largest absolute Gasteiger partial charge is 0.366 e. The first kappa shape index (κ1) is 16.7. The van der Waals surface area contributed by atoms with Crippen LogP contribution in [0.2, 0.25) is 25.1 Å². The fourth-order valence-electron chi connectivity index (χ4n) is 1.71. The maximum atomic E-state index is 14.1. The SMILES string of the molecule is NC(=O)c1ccc(F)c(-c2c(Cl)c(Cl)c(Cl)c(Cl)c2Cl)c1. The Morgan fingerprint density at radius 3 is 1.86 bits per heavy atom. The monoisotopic (exact) mass is 385 g/mol. The van der Waals surface area contributed by atoms with Crippen molar-refractivity contribution in [3.63, 3.8) is 0 Å². The molecular formula is C13H5Cl5FNO. The van der Waals surface area contributed by atoms with Crippen LogP contribution in [-0.2, 0) is 0 Å². The molecule has 110 valence electrons. The van der Waals surface area contributed by atoms with Crippen LogP contribution in [0.15, 0.2) is 18.2 Å². The molecule has 1 amide bonds. The van der Waals surface area contributed by atoms with Gasteiger partial charge in [0.25, 0.3) is 0 Å². The van der Waals surface area contributed by atoms with Crippen LogP contribution < -0.4 is 5.73 Å². The van der Waals surface area contributed by atoms with Crippen molar-refractivity contribution >= 4 is 63.9 Å². The van der Waals surface area contributed by atoms with E-state index in [1.807, 2.05) is 0 Å². The highest BCUT2D eigenvalue weighted by molar-refractivity contribution is 6.56. The van der Waals surface area contributed by atoms with Gasteiger partial charge in [0.15, 0.2) is 0 Å². The number of carbonyl (C=O) groups is 1. The Morgan fingerprint density at radius 1 is 0.905 bits per heavy atom. The lowest BCUT2D eigenvalue weighted by atomic mass is 10.0. The smallest absolute Gasteiger partial charge is 0.248 e. The minimum Gasteiger partial charge on any atom is -0.366 e. The van der Waals surface area contributed by atoms with Crippen molar-refractivity contribution in [3.8, 4) is 11.1 Å². The summed E-state index contributed by atoms with van der Waals surface area (Å²) in [5.41, 5.74) is 5.24. The molecule has 0 saturated carbocycles. The Hall–Kier alpha value is -0.710. The molecule has 8 heteroatoms. The molecule has 2 aromatic rings. The molecule has 0 unspecified atom stereocenters. The van der Waals surface area contributed by atoms with E-state index in [2.05, 4.69) is 0 Å². The van der Waals surface area contributed by atoms with Crippen LogP contribution >= 0.6 is 58.0 Å². The van der Waals surface area contributed by atoms with E-state index >= 15 is 0 Å². The fourth-order valence-corrected chi connectivity index (χ4v) is 3.05. The quantitative estimate of drug-likeness (QED) is 0.509. The normalized spacial score (nSPS) is 10.8. The van der Waals surface area contributed by atoms with Gasteiger partial charge in [-0.2, -0.15) is 0 Å². The van der Waals surface area contributed by atoms with Crippen LogP contribution in [-0.4, -0.2) is 5.91 Å². The molecule has 2 nitrogen and oxygen atoms in total. The number of rotatable bonds is 2. The second-order valence-electron chi connectivity index (χ2n) is 4.00. The molecule has 2 N–H and O–H groups in total. The number of hydrogen-bond acceptors (Lipinski definition) is 1. The van der Waals surface area contributed by atoms with E-state index in [1.54, 1.807) is 0 Å². The standard InChI is InChI=1S/C13H5Cl5FNO/c14-8-7(9(15)11(17)12(18)10(8)16)5-3-4(13(20)21)1-2-6(5)19/h1-3H,(H2,20,21). The van der Waals surface area contributed by atoms with Gasteiger partial charge in [-0.15, -0.1) is 0 Å². The summed E-state index contributed by atoms with van der Waals surface area (Å²) in [6, 6.07) is 3.52. The molecule has 2 aromatic carbocycles. The van der Waals surface area contributed by atoms with Crippen molar-refractivity contribution in [2.75, 3.05) is 0 Å². The zero-order chi connectivity index (χ0) is 15.9. The predicted octanol–water partition coefficient (Wildman–Crippen LogP) is 5.86. The maximum Gasteiger partial charge on any atom is 0.248 e. The lowest BCUT2D eigenvalue weighted by Crippen LogP contribution is -2.11. The molecule has 0 aliphatic carbocycles. The van der Waals surface area contributed by atoms with Gasteiger partial charge in [0.05, 0.1) is 25.1 Å². The van der Waals surface area contributed by atoms with Crippen molar-refractivity contribution in [1.29, 1.82) is 0 Å². The summed E-state index contributed by atoms with van der Waals surface area (Å²) in [5.74, 6) is -1.40. The highest BCUT2D eigenvalue weighted by Gasteiger charge is 2.23. The summed E-state index contributed by atoms with van der Waals surface area (Å²) in [7, 11) is 0. The summed E-state index contributed by atoms with van der Waals surface area (Å²) >= 11 is 29.9. The summed E-state index contributed by atoms with van der Waals surface area (Å²) in [4.78, 5) is 11.2. The van der Waals surface area contributed by atoms with Crippen molar-refractivity contribution in [2.24, 2.45) is 5.73 Å². The number of carbonyl (C=O) groups excluding carboxylic acids is 1. The van der Waals surface area contributed by atoms with E-state index in [0.717, 1.165) is 6.07 Å². The average Bonchev–Trinajstić information content (AvgIpc) is 2.45. The van der Waals surface area contributed by atoms with Crippen molar-refractivity contribution in [1.82, 2.24) is 0 Å². The Balaban J connectivity index is 2.85. The molecule has 0 heterocycles. The predicted molar refractivity (Wildman–Crippen MR) is 85.4 cm³/mol. The molecule has 0 aromatic heterocycles. The third-order valence-corrected chi connectivity index (χ3v) is 5.01. The van der Waals surface area contributed by atoms with Gasteiger partial charge >= 0.3 is 0 Å². The first-order valence-corrected chi connectivity index (χ1v) is 7.25. The van der Waals surface area contributed by atoms with Gasteiger partial charge in [0.2, 0.25) is 5.91 Å². The van der Waals surface area contributed by atoms with Gasteiger partial charge in [0.1, 0.15) is 5.82 Å². The Labute approximate surface area is 144 Å². The lowest BCUT2D eigenvalue weighted by molar-refractivity contribution is 0.100. The number of primary amides is 1. The van der Waals surface area contributed by atoms with E-state index < -0.39 is 11.7 Å². The molecule has 2 rings (SSSR count). The minimum atomic E-state index is -0.727. The zero-order valence-electron chi connectivity index (χ0n) is 9.99. The summed E-state index contributed by atoms with van der Waals surface area (Å²) in [6.45, 7) is 0. The molecule has 0 bridgehead atoms. The molecule has 0 fully saturated rings. The van der Waals surface area contributed by atoms with E-state index in [4.69, 9.17) is 63.7 Å². The van der Waals surface area contributed by atoms with Crippen LogP contribution in [0.25, 0.3) is 11.1 Å². The van der Waals surface area contributed by atoms with Gasteiger partial charge in [-0.3, -0.25) is 4.79 Å². The summed E-state index contributed by atoms with van der Waals surface area (Å²) < 4.78 is 14.1. The van der Waals surface area contributed by atoms with E-state index in [1.165, 1.54) is 12.1 Å². The van der Waals surface area contributed by atoms with Gasteiger partial charge in [-0.1, -0.05) is 58.0 Å². The van der Waals surface area contributed by atoms with Crippen LogP contribution in [0.4, 0.5) is 4.39 Å². The third kappa shape index (κ3) is 2.94. The molecule has 21 heavy (non-hydrogen) atoms. The summed E-state index contributed by atoms with van der Waals surface area (Å²) in [5, 5.41) is -0.310. The van der Waals surface area contributed by atoms with Gasteiger partial charge in [0, 0.05) is 16.7 Å². The number of amides is 1. The molecule has 0 aliphatic rings. The Morgan fingerprint density at radius 2 is 1.38 bits per heavy atom. The van der Waals surface area contributed by atoms with Crippen LogP contribution in [0.1, 0.15) is 10.4 Å². The van der Waals surface area contributed by atoms with Crippen LogP contribution in [0.5, 0.6) is 0 Å². The van der Waals surface area contributed by atoms with E-state index in [-0.39, 0.29) is 41.8 Å². The van der Waals surface area contributed by atoms with E-state index in [0.29, 0.717) is 0 Å². The van der Waals surface area contributed by atoms with Crippen molar-refractivity contribution < 1.29 is 9.18 Å². The maximum absolute atomic E-state index is 14.1. The van der Waals surface area contributed by atoms with Crippen LogP contribution in [0, 0.1) is 5.82 Å². The van der Waals surface area contributed by atoms with Gasteiger partial charge in [-0.05, 0) is 18.2 Å². The topological polar surface area (TPSA) is 43.1 Å². The number of benzene rings is 2. The molecular weight excluding hydrogens is 382 g/mol. The molecule has 0 radical (unpaired) electrons. The zero-order valence-corrected chi connectivity index (χ0v) is 13.8. The number of halogens is 6. The molecule has 0 saturated heterocycles. The van der Waals surface area contributed by atoms with Crippen molar-refractivity contribution in [3.05, 3.63) is 54.7 Å². The second-order valence-corrected chi connectivity index (χ2v) is 5.89. The average molecular weight is 387 g/mol. The minimum absolute atomic E-state index is 0.0384. The highest BCUT2D eigenvalue weighted by Crippen LogP contribution is 2.48. The highest BCUT2D eigenvalue weighted by atomic mass is 35.5. The Bertz CT molecular complexity index is 734. The second kappa shape index (κ2) is 6.19. The lowest BCUT2D eigenvalue weighted by Gasteiger charge is -2.14. The molecule has 0 atom stereocenters. The number of nitrogens with two attached hydrogens (primary N) is 1. The van der Waals surface area contributed by atoms with E-state index in [9.17, 15) is 9.18 Å². The van der Waals surface area contributed by atoms with Gasteiger partial charge < -0.3 is 5.73 Å². The van der Waals surface area contributed by atoms with Crippen molar-refractivity contribution in [2.45, 2.75) is 0 Å². The number of hydrogen-bond donors (Lipinski definition) is 1. The first-order chi connectivity index (χ1) is 9.75. The fraction of sp³-hybridized carbons (Fsp3) is 0. The molecule has 0 spiro atoms. The summed E-state index contributed by atoms with van der Waals surface area (Å²) in [6.07, 6.45) is 0. The first-order valence-electron chi connectivity index (χ1n) is 5.36. The van der Waals surface area contributed by atoms with Crippen LogP contribution in [0.3, 0.4) is 0 Å². The third-order valence-electron chi connectivity index (χ3n) is 2.73. The molecule has 0 aliphatic heterocycles.